The SMILES string of the molecule is CC(C)c1cccc(Nc2ccc(N)c(C(=O)O)c2)c1. The van der Waals surface area contributed by atoms with Crippen molar-refractivity contribution in [2.45, 2.75) is 19.8 Å². The van der Waals surface area contributed by atoms with Gasteiger partial charge in [0.1, 0.15) is 0 Å². The number of hydrogen-bond donors (Lipinski definition) is 3. The largest absolute Gasteiger partial charge is 0.478 e. The number of benzene rings is 2. The van der Waals surface area contributed by atoms with Gasteiger partial charge < -0.3 is 16.2 Å². The van der Waals surface area contributed by atoms with Gasteiger partial charge in [-0.25, -0.2) is 4.79 Å². The summed E-state index contributed by atoms with van der Waals surface area (Å²) < 4.78 is 0. The number of nitrogen functional groups attached to an aromatic ring is 1. The van der Waals surface area contributed by atoms with Crippen molar-refractivity contribution in [3.63, 3.8) is 0 Å². The van der Waals surface area contributed by atoms with Crippen molar-refractivity contribution >= 4 is 23.0 Å². The molecule has 0 saturated carbocycles. The molecule has 2 aromatic rings. The van der Waals surface area contributed by atoms with Gasteiger partial charge >= 0.3 is 5.97 Å². The molecular formula is C16H18N2O2. The molecule has 0 amide bonds. The molecular weight excluding hydrogens is 252 g/mol. The second-order valence-corrected chi connectivity index (χ2v) is 5.01. The molecule has 0 aliphatic carbocycles. The van der Waals surface area contributed by atoms with Crippen molar-refractivity contribution in [2.24, 2.45) is 0 Å². The summed E-state index contributed by atoms with van der Waals surface area (Å²) in [6, 6.07) is 13.0. The average Bonchev–Trinajstić information content (AvgIpc) is 2.41. The third-order valence-corrected chi connectivity index (χ3v) is 3.13. The molecule has 0 unspecified atom stereocenters. The summed E-state index contributed by atoms with van der Waals surface area (Å²) in [5, 5.41) is 12.3. The fourth-order valence-corrected chi connectivity index (χ4v) is 1.96. The molecule has 0 aliphatic heterocycles. The molecule has 20 heavy (non-hydrogen) atoms. The monoisotopic (exact) mass is 270 g/mol. The summed E-state index contributed by atoms with van der Waals surface area (Å²) in [7, 11) is 0. The zero-order chi connectivity index (χ0) is 14.7. The maximum Gasteiger partial charge on any atom is 0.337 e. The zero-order valence-electron chi connectivity index (χ0n) is 11.6. The van der Waals surface area contributed by atoms with Gasteiger partial charge in [0, 0.05) is 17.1 Å². The Bertz CT molecular complexity index is 636. The van der Waals surface area contributed by atoms with Gasteiger partial charge in [0.25, 0.3) is 0 Å². The van der Waals surface area contributed by atoms with Gasteiger partial charge in [0.2, 0.25) is 0 Å². The summed E-state index contributed by atoms with van der Waals surface area (Å²) >= 11 is 0. The lowest BCUT2D eigenvalue weighted by atomic mass is 10.0. The maximum atomic E-state index is 11.1. The Balaban J connectivity index is 2.28. The van der Waals surface area contributed by atoms with Gasteiger partial charge in [-0.1, -0.05) is 26.0 Å². The number of nitrogens with two attached hydrogens (primary N) is 1. The van der Waals surface area contributed by atoms with Crippen LogP contribution in [0.3, 0.4) is 0 Å². The number of rotatable bonds is 4. The van der Waals surface area contributed by atoms with Crippen LogP contribution in [-0.2, 0) is 0 Å². The van der Waals surface area contributed by atoms with E-state index in [1.54, 1.807) is 18.2 Å². The van der Waals surface area contributed by atoms with Gasteiger partial charge in [-0.2, -0.15) is 0 Å². The normalized spacial score (nSPS) is 10.6. The van der Waals surface area contributed by atoms with Crippen molar-refractivity contribution in [3.05, 3.63) is 53.6 Å². The minimum atomic E-state index is -1.03. The molecule has 4 nitrogen and oxygen atoms in total. The van der Waals surface area contributed by atoms with E-state index in [0.29, 0.717) is 11.6 Å². The maximum absolute atomic E-state index is 11.1. The van der Waals surface area contributed by atoms with Crippen molar-refractivity contribution in [1.29, 1.82) is 0 Å². The quantitative estimate of drug-likeness (QED) is 0.738. The number of aromatic carboxylic acids is 1. The first kappa shape index (κ1) is 13.9. The molecule has 0 spiro atoms. The first-order chi connectivity index (χ1) is 9.47. The van der Waals surface area contributed by atoms with E-state index in [1.165, 1.54) is 5.56 Å². The number of nitrogens with one attached hydrogen (secondary N) is 1. The summed E-state index contributed by atoms with van der Waals surface area (Å²) in [4.78, 5) is 11.1. The third kappa shape index (κ3) is 3.09. The van der Waals surface area contributed by atoms with E-state index in [4.69, 9.17) is 10.8 Å². The van der Waals surface area contributed by atoms with Crippen LogP contribution in [0.4, 0.5) is 17.1 Å². The predicted octanol–water partition coefficient (Wildman–Crippen LogP) is 3.83. The Kier molecular flexibility index (Phi) is 3.94. The Labute approximate surface area is 118 Å². The number of carboxylic acid groups (broad SMARTS) is 1. The van der Waals surface area contributed by atoms with Crippen LogP contribution in [0.5, 0.6) is 0 Å². The Morgan fingerprint density at radius 2 is 1.85 bits per heavy atom. The van der Waals surface area contributed by atoms with Gasteiger partial charge in [-0.05, 0) is 41.8 Å². The van der Waals surface area contributed by atoms with Crippen molar-refractivity contribution in [3.8, 4) is 0 Å². The molecule has 2 rings (SSSR count). The Morgan fingerprint density at radius 3 is 2.50 bits per heavy atom. The van der Waals surface area contributed by atoms with Crippen LogP contribution < -0.4 is 11.1 Å². The van der Waals surface area contributed by atoms with Gasteiger partial charge in [0.05, 0.1) is 5.56 Å². The molecule has 4 heteroatoms. The first-order valence-corrected chi connectivity index (χ1v) is 6.47. The van der Waals surface area contributed by atoms with Crippen molar-refractivity contribution < 1.29 is 9.90 Å². The highest BCUT2D eigenvalue weighted by Crippen LogP contribution is 2.24. The van der Waals surface area contributed by atoms with E-state index < -0.39 is 5.97 Å². The Hall–Kier alpha value is -2.49. The number of anilines is 3. The van der Waals surface area contributed by atoms with E-state index in [0.717, 1.165) is 5.69 Å². The van der Waals surface area contributed by atoms with Crippen LogP contribution >= 0.6 is 0 Å². The molecule has 0 saturated heterocycles. The van der Waals surface area contributed by atoms with E-state index in [-0.39, 0.29) is 11.3 Å². The standard InChI is InChI=1S/C16H18N2O2/c1-10(2)11-4-3-5-12(8-11)18-13-6-7-15(17)14(9-13)16(19)20/h3-10,18H,17H2,1-2H3,(H,19,20). The van der Waals surface area contributed by atoms with Crippen LogP contribution in [0.2, 0.25) is 0 Å². The third-order valence-electron chi connectivity index (χ3n) is 3.13. The number of hydrogen-bond acceptors (Lipinski definition) is 3. The molecule has 104 valence electrons. The van der Waals surface area contributed by atoms with Crippen LogP contribution in [0.15, 0.2) is 42.5 Å². The van der Waals surface area contributed by atoms with Crippen LogP contribution in [0.25, 0.3) is 0 Å². The predicted molar refractivity (Wildman–Crippen MR) is 81.6 cm³/mol. The number of carboxylic acids is 1. The summed E-state index contributed by atoms with van der Waals surface area (Å²) in [6.07, 6.45) is 0. The van der Waals surface area contributed by atoms with Crippen LogP contribution in [-0.4, -0.2) is 11.1 Å². The molecule has 0 aromatic heterocycles. The molecule has 2 aromatic carbocycles. The highest BCUT2D eigenvalue weighted by Gasteiger charge is 2.09. The number of carbonyl (C=O) groups is 1. The highest BCUT2D eigenvalue weighted by atomic mass is 16.4. The second-order valence-electron chi connectivity index (χ2n) is 5.01. The lowest BCUT2D eigenvalue weighted by Crippen LogP contribution is -2.03. The van der Waals surface area contributed by atoms with Crippen LogP contribution in [0.1, 0.15) is 35.7 Å². The second kappa shape index (κ2) is 5.65. The van der Waals surface area contributed by atoms with Crippen LogP contribution in [0, 0.1) is 0 Å². The molecule has 0 fully saturated rings. The van der Waals surface area contributed by atoms with Gasteiger partial charge in [-0.3, -0.25) is 0 Å². The minimum absolute atomic E-state index is 0.106. The van der Waals surface area contributed by atoms with Gasteiger partial charge in [0.15, 0.2) is 0 Å². The lowest BCUT2D eigenvalue weighted by molar-refractivity contribution is 0.0698. The van der Waals surface area contributed by atoms with E-state index in [1.807, 2.05) is 12.1 Å². The van der Waals surface area contributed by atoms with Gasteiger partial charge in [-0.15, -0.1) is 0 Å². The topological polar surface area (TPSA) is 75.3 Å². The van der Waals surface area contributed by atoms with E-state index in [2.05, 4.69) is 31.3 Å². The minimum Gasteiger partial charge on any atom is -0.478 e. The molecule has 0 atom stereocenters. The van der Waals surface area contributed by atoms with E-state index in [9.17, 15) is 4.79 Å². The molecule has 0 bridgehead atoms. The smallest absolute Gasteiger partial charge is 0.337 e. The van der Waals surface area contributed by atoms with E-state index >= 15 is 0 Å². The molecule has 0 heterocycles. The average molecular weight is 270 g/mol. The lowest BCUT2D eigenvalue weighted by Gasteiger charge is -2.11. The zero-order valence-corrected chi connectivity index (χ0v) is 11.6. The summed E-state index contributed by atoms with van der Waals surface area (Å²) in [5.41, 5.74) is 8.87. The fraction of sp³-hybridized carbons (Fsp3) is 0.188. The Morgan fingerprint density at radius 1 is 1.15 bits per heavy atom. The summed E-state index contributed by atoms with van der Waals surface area (Å²) in [5.74, 6) is -0.583. The molecule has 0 aliphatic rings. The first-order valence-electron chi connectivity index (χ1n) is 6.47. The molecule has 4 N–H and O–H groups in total. The molecule has 0 radical (unpaired) electrons. The van der Waals surface area contributed by atoms with Crippen molar-refractivity contribution in [2.75, 3.05) is 11.1 Å². The highest BCUT2D eigenvalue weighted by molar-refractivity contribution is 5.95. The fourth-order valence-electron chi connectivity index (χ4n) is 1.96. The van der Waals surface area contributed by atoms with Crippen molar-refractivity contribution in [1.82, 2.24) is 0 Å². The summed E-state index contributed by atoms with van der Waals surface area (Å²) in [6.45, 7) is 4.26.